The Kier molecular flexibility index (Phi) is 5.31. The lowest BCUT2D eigenvalue weighted by molar-refractivity contribution is 0.346. The molecule has 2 aromatic carbocycles. The second-order valence-electron chi connectivity index (χ2n) is 9.25. The quantitative estimate of drug-likeness (QED) is 0.387. The van der Waals surface area contributed by atoms with Crippen molar-refractivity contribution in [2.45, 2.75) is 77.3 Å². The predicted molar refractivity (Wildman–Crippen MR) is 131 cm³/mol. The van der Waals surface area contributed by atoms with Gasteiger partial charge in [-0.15, -0.1) is 0 Å². The molecular formula is C28H33NS. The van der Waals surface area contributed by atoms with E-state index in [9.17, 15) is 0 Å². The summed E-state index contributed by atoms with van der Waals surface area (Å²) in [6.45, 7) is 9.42. The van der Waals surface area contributed by atoms with Gasteiger partial charge in [0, 0.05) is 40.1 Å². The van der Waals surface area contributed by atoms with E-state index in [0.717, 1.165) is 11.5 Å². The van der Waals surface area contributed by atoms with Gasteiger partial charge in [0.15, 0.2) is 0 Å². The molecule has 2 aliphatic rings. The van der Waals surface area contributed by atoms with Gasteiger partial charge in [0.05, 0.1) is 0 Å². The number of thioether (sulfide) groups is 1. The zero-order chi connectivity index (χ0) is 20.8. The fraction of sp³-hybridized carbons (Fsp3) is 0.429. The molecule has 30 heavy (non-hydrogen) atoms. The maximum Gasteiger partial charge on any atom is 0.0336 e. The van der Waals surface area contributed by atoms with Crippen LogP contribution in [0.15, 0.2) is 36.4 Å². The smallest absolute Gasteiger partial charge is 0.0336 e. The Bertz CT molecular complexity index is 1020. The molecule has 0 saturated heterocycles. The van der Waals surface area contributed by atoms with Crippen molar-refractivity contribution in [3.63, 3.8) is 0 Å². The lowest BCUT2D eigenvalue weighted by Gasteiger charge is -2.26. The molecule has 156 valence electrons. The Morgan fingerprint density at radius 2 is 1.20 bits per heavy atom. The molecule has 5 rings (SSSR count). The van der Waals surface area contributed by atoms with Crippen molar-refractivity contribution in [3.05, 3.63) is 70.0 Å². The van der Waals surface area contributed by atoms with Gasteiger partial charge in [-0.3, -0.25) is 0 Å². The highest BCUT2D eigenvalue weighted by atomic mass is 32.2. The summed E-state index contributed by atoms with van der Waals surface area (Å²) in [5.41, 5.74) is 14.6. The molecule has 1 saturated carbocycles. The molecular weight excluding hydrogens is 382 g/mol. The number of benzene rings is 2. The third kappa shape index (κ3) is 3.15. The van der Waals surface area contributed by atoms with Gasteiger partial charge in [-0.25, -0.2) is 0 Å². The zero-order valence-corrected chi connectivity index (χ0v) is 19.7. The minimum atomic E-state index is 0.654. The molecule has 0 spiro atoms. The summed E-state index contributed by atoms with van der Waals surface area (Å²) in [5.74, 6) is 2.17. The Morgan fingerprint density at radius 1 is 0.700 bits per heavy atom. The zero-order valence-electron chi connectivity index (χ0n) is 18.8. The molecule has 1 aromatic heterocycles. The normalized spacial score (nSPS) is 16.8. The second-order valence-corrected chi connectivity index (χ2v) is 10.2. The minimum Gasteiger partial charge on any atom is -0.345 e. The van der Waals surface area contributed by atoms with E-state index < -0.39 is 0 Å². The number of hydrogen-bond acceptors (Lipinski definition) is 1. The SMILES string of the molecule is Cc1c2cccc1-c1c(c(C)n(C3CCCCC3)c1C)-c1cccc(c1C)CSC2. The fourth-order valence-corrected chi connectivity index (χ4v) is 7.06. The van der Waals surface area contributed by atoms with Gasteiger partial charge in [0.1, 0.15) is 0 Å². The molecule has 4 bridgehead atoms. The number of fused-ring (bicyclic) bond motifs is 7. The van der Waals surface area contributed by atoms with Crippen LogP contribution in [0.3, 0.4) is 0 Å². The largest absolute Gasteiger partial charge is 0.345 e. The summed E-state index contributed by atoms with van der Waals surface area (Å²) < 4.78 is 2.71. The lowest BCUT2D eigenvalue weighted by atomic mass is 9.88. The summed E-state index contributed by atoms with van der Waals surface area (Å²) in [4.78, 5) is 0. The molecule has 0 atom stereocenters. The Balaban J connectivity index is 1.85. The number of hydrogen-bond donors (Lipinski definition) is 0. The predicted octanol–water partition coefficient (Wildman–Crippen LogP) is 8.31. The van der Waals surface area contributed by atoms with Crippen LogP contribution in [0, 0.1) is 27.7 Å². The highest BCUT2D eigenvalue weighted by Crippen LogP contribution is 2.46. The van der Waals surface area contributed by atoms with Gasteiger partial charge >= 0.3 is 0 Å². The lowest BCUT2D eigenvalue weighted by Crippen LogP contribution is -2.15. The van der Waals surface area contributed by atoms with E-state index in [1.54, 1.807) is 0 Å². The first-order valence-electron chi connectivity index (χ1n) is 11.5. The summed E-state index contributed by atoms with van der Waals surface area (Å²) >= 11 is 2.04. The van der Waals surface area contributed by atoms with Gasteiger partial charge in [0.25, 0.3) is 0 Å². The highest BCUT2D eigenvalue weighted by Gasteiger charge is 2.27. The average Bonchev–Trinajstić information content (AvgIpc) is 3.00. The maximum absolute atomic E-state index is 2.71. The van der Waals surface area contributed by atoms with Crippen molar-refractivity contribution in [1.29, 1.82) is 0 Å². The topological polar surface area (TPSA) is 4.93 Å². The molecule has 0 radical (unpaired) electrons. The maximum atomic E-state index is 2.71. The van der Waals surface area contributed by atoms with E-state index in [2.05, 4.69) is 68.7 Å². The van der Waals surface area contributed by atoms with Crippen LogP contribution < -0.4 is 0 Å². The van der Waals surface area contributed by atoms with Crippen molar-refractivity contribution in [3.8, 4) is 22.3 Å². The highest BCUT2D eigenvalue weighted by molar-refractivity contribution is 7.97. The number of aromatic nitrogens is 1. The number of rotatable bonds is 1. The molecule has 1 nitrogen and oxygen atoms in total. The first-order chi connectivity index (χ1) is 14.6. The molecule has 3 aromatic rings. The minimum absolute atomic E-state index is 0.654. The third-order valence-electron chi connectivity index (χ3n) is 7.58. The van der Waals surface area contributed by atoms with Crippen molar-refractivity contribution < 1.29 is 0 Å². The monoisotopic (exact) mass is 415 g/mol. The van der Waals surface area contributed by atoms with Gasteiger partial charge in [-0.05, 0) is 73.9 Å². The summed E-state index contributed by atoms with van der Waals surface area (Å²) in [5, 5.41) is 0. The van der Waals surface area contributed by atoms with Crippen LogP contribution in [0.5, 0.6) is 0 Å². The third-order valence-corrected chi connectivity index (χ3v) is 8.61. The first kappa shape index (κ1) is 20.0. The van der Waals surface area contributed by atoms with Crippen LogP contribution >= 0.6 is 11.8 Å². The summed E-state index contributed by atoms with van der Waals surface area (Å²) in [6, 6.07) is 14.6. The van der Waals surface area contributed by atoms with E-state index in [0.29, 0.717) is 6.04 Å². The van der Waals surface area contributed by atoms with E-state index in [1.807, 2.05) is 11.8 Å². The standard InChI is InChI=1S/C28H33NS/c1-18-22-10-8-14-25(18)27-20(3)29(24-12-6-5-7-13-24)21(4)28(27)26-15-9-11-23(19(26)2)17-30-16-22/h8-11,14-15,24H,5-7,12-13,16-17H2,1-4H3. The molecule has 1 aliphatic carbocycles. The molecule has 1 fully saturated rings. The number of nitrogens with zero attached hydrogens (tertiary/aromatic N) is 1. The van der Waals surface area contributed by atoms with Crippen molar-refractivity contribution in [1.82, 2.24) is 4.57 Å². The van der Waals surface area contributed by atoms with E-state index in [-0.39, 0.29) is 0 Å². The van der Waals surface area contributed by atoms with Gasteiger partial charge < -0.3 is 4.57 Å². The van der Waals surface area contributed by atoms with Crippen LogP contribution in [0.4, 0.5) is 0 Å². The van der Waals surface area contributed by atoms with E-state index in [1.165, 1.54) is 88.0 Å². The Labute approximate surface area is 185 Å². The summed E-state index contributed by atoms with van der Waals surface area (Å²) in [6.07, 6.45) is 6.78. The van der Waals surface area contributed by atoms with Gasteiger partial charge in [-0.1, -0.05) is 55.7 Å². The second kappa shape index (κ2) is 7.96. The molecule has 1 aliphatic heterocycles. The Morgan fingerprint density at radius 3 is 1.70 bits per heavy atom. The van der Waals surface area contributed by atoms with Crippen LogP contribution in [0.2, 0.25) is 0 Å². The van der Waals surface area contributed by atoms with Crippen molar-refractivity contribution in [2.24, 2.45) is 0 Å². The molecule has 0 amide bonds. The average molecular weight is 416 g/mol. The molecule has 2 heterocycles. The van der Waals surface area contributed by atoms with Crippen LogP contribution in [0.1, 0.15) is 71.8 Å². The molecule has 2 heteroatoms. The first-order valence-corrected chi connectivity index (χ1v) is 12.7. The van der Waals surface area contributed by atoms with Crippen molar-refractivity contribution in [2.75, 3.05) is 0 Å². The van der Waals surface area contributed by atoms with Gasteiger partial charge in [0.2, 0.25) is 0 Å². The molecule has 0 unspecified atom stereocenters. The molecule has 0 N–H and O–H groups in total. The Hall–Kier alpha value is -1.93. The van der Waals surface area contributed by atoms with E-state index >= 15 is 0 Å². The van der Waals surface area contributed by atoms with Crippen LogP contribution in [-0.4, -0.2) is 4.57 Å². The fourth-order valence-electron chi connectivity index (χ4n) is 5.89. The van der Waals surface area contributed by atoms with Crippen LogP contribution in [0.25, 0.3) is 22.3 Å². The summed E-state index contributed by atoms with van der Waals surface area (Å²) in [7, 11) is 0. The van der Waals surface area contributed by atoms with Crippen LogP contribution in [-0.2, 0) is 11.5 Å². The van der Waals surface area contributed by atoms with Gasteiger partial charge in [-0.2, -0.15) is 11.8 Å². The van der Waals surface area contributed by atoms with E-state index in [4.69, 9.17) is 0 Å². The van der Waals surface area contributed by atoms with Crippen molar-refractivity contribution >= 4 is 11.8 Å².